The van der Waals surface area contributed by atoms with E-state index < -0.39 is 16.0 Å². The number of sulfonamides is 1. The van der Waals surface area contributed by atoms with Crippen molar-refractivity contribution >= 4 is 21.7 Å². The molecule has 0 atom stereocenters. The van der Waals surface area contributed by atoms with Gasteiger partial charge < -0.3 is 9.90 Å². The summed E-state index contributed by atoms with van der Waals surface area (Å²) in [4.78, 5) is 10.6. The van der Waals surface area contributed by atoms with E-state index in [1.54, 1.807) is 24.3 Å². The van der Waals surface area contributed by atoms with Crippen molar-refractivity contribution in [3.05, 3.63) is 59.7 Å². The van der Waals surface area contributed by atoms with Gasteiger partial charge >= 0.3 is 0 Å². The highest BCUT2D eigenvalue weighted by atomic mass is 32.2. The van der Waals surface area contributed by atoms with Crippen LogP contribution < -0.4 is 9.83 Å². The normalized spacial score (nSPS) is 11.3. The Hall–Kier alpha value is -2.34. The molecule has 0 aliphatic rings. The summed E-state index contributed by atoms with van der Waals surface area (Å²) in [5, 5.41) is 10.5. The minimum absolute atomic E-state index is 0.0883. The first kappa shape index (κ1) is 20.0. The van der Waals surface area contributed by atoms with Gasteiger partial charge in [-0.1, -0.05) is 44.0 Å². The topological polar surface area (TPSA) is 86.3 Å². The van der Waals surface area contributed by atoms with Crippen molar-refractivity contribution in [2.45, 2.75) is 50.3 Å². The highest BCUT2D eigenvalue weighted by Gasteiger charge is 2.14. The molecule has 5 nitrogen and oxygen atoms in total. The monoisotopic (exact) mass is 374 g/mol. The molecule has 1 N–H and O–H groups in total. The summed E-state index contributed by atoms with van der Waals surface area (Å²) in [6.07, 6.45) is 4.71. The summed E-state index contributed by atoms with van der Waals surface area (Å²) in [6, 6.07) is 13.6. The van der Waals surface area contributed by atoms with Crippen molar-refractivity contribution in [2.24, 2.45) is 0 Å². The predicted octanol–water partition coefficient (Wildman–Crippen LogP) is 2.90. The molecule has 2 aromatic carbocycles. The molecule has 0 aliphatic carbocycles. The summed E-state index contributed by atoms with van der Waals surface area (Å²) < 4.78 is 27.5. The molecular weight excluding hydrogens is 350 g/mol. The zero-order chi connectivity index (χ0) is 19.0. The number of unbranched alkanes of at least 4 members (excludes halogenated alkanes) is 2. The van der Waals surface area contributed by atoms with Crippen LogP contribution in [0.25, 0.3) is 0 Å². The highest BCUT2D eigenvalue weighted by molar-refractivity contribution is 7.92. The van der Waals surface area contributed by atoms with Crippen LogP contribution in [-0.4, -0.2) is 14.4 Å². The molecular formula is C20H24NO4S-. The Morgan fingerprint density at radius 2 is 1.50 bits per heavy atom. The third-order valence-corrected chi connectivity index (χ3v) is 5.52. The summed E-state index contributed by atoms with van der Waals surface area (Å²) in [5.74, 6) is -1.12. The van der Waals surface area contributed by atoms with E-state index in [-0.39, 0.29) is 11.3 Å². The number of nitrogens with one attached hydrogen (secondary N) is 1. The van der Waals surface area contributed by atoms with Crippen molar-refractivity contribution in [2.75, 3.05) is 4.72 Å². The number of anilines is 1. The van der Waals surface area contributed by atoms with Crippen molar-refractivity contribution in [1.82, 2.24) is 0 Å². The summed E-state index contributed by atoms with van der Waals surface area (Å²) in [5.41, 5.74) is 2.47. The van der Waals surface area contributed by atoms with Crippen molar-refractivity contribution in [3.8, 4) is 0 Å². The van der Waals surface area contributed by atoms with Crippen LogP contribution in [0.1, 0.15) is 43.7 Å². The van der Waals surface area contributed by atoms with Crippen molar-refractivity contribution < 1.29 is 18.3 Å². The number of carbonyl (C=O) groups is 1. The number of hydrogen-bond donors (Lipinski definition) is 1. The SMILES string of the molecule is CCCCCc1ccc(NS(=O)(=O)c2ccc(CCC(=O)[O-])cc2)cc1. The zero-order valence-corrected chi connectivity index (χ0v) is 15.7. The van der Waals surface area contributed by atoms with Gasteiger partial charge in [0.25, 0.3) is 10.0 Å². The highest BCUT2D eigenvalue weighted by Crippen LogP contribution is 2.18. The van der Waals surface area contributed by atoms with Crippen LogP contribution in [-0.2, 0) is 27.7 Å². The number of carboxylic acid groups (broad SMARTS) is 1. The number of carbonyl (C=O) groups excluding carboxylic acids is 1. The molecule has 0 radical (unpaired) electrons. The molecule has 6 heteroatoms. The average Bonchev–Trinajstić information content (AvgIpc) is 2.62. The molecule has 0 bridgehead atoms. The minimum Gasteiger partial charge on any atom is -0.550 e. The molecule has 0 heterocycles. The number of aryl methyl sites for hydroxylation is 2. The van der Waals surface area contributed by atoms with Gasteiger partial charge in [0.15, 0.2) is 0 Å². The Labute approximate surface area is 155 Å². The Kier molecular flexibility index (Phi) is 7.21. The van der Waals surface area contributed by atoms with Gasteiger partial charge in [-0.2, -0.15) is 0 Å². The molecule has 0 unspecified atom stereocenters. The maximum atomic E-state index is 12.5. The third-order valence-electron chi connectivity index (χ3n) is 4.13. The molecule has 26 heavy (non-hydrogen) atoms. The Morgan fingerprint density at radius 3 is 2.08 bits per heavy atom. The molecule has 0 fully saturated rings. The fourth-order valence-electron chi connectivity index (χ4n) is 2.61. The predicted molar refractivity (Wildman–Crippen MR) is 100 cm³/mol. The van der Waals surface area contributed by atoms with Gasteiger partial charge in [0, 0.05) is 11.7 Å². The minimum atomic E-state index is -3.67. The Bertz CT molecular complexity index is 812. The quantitative estimate of drug-likeness (QED) is 0.648. The van der Waals surface area contributed by atoms with Gasteiger partial charge in [-0.3, -0.25) is 4.72 Å². The van der Waals surface area contributed by atoms with E-state index in [1.165, 1.54) is 30.5 Å². The summed E-state index contributed by atoms with van der Waals surface area (Å²) in [7, 11) is -3.67. The smallest absolute Gasteiger partial charge is 0.261 e. The number of benzene rings is 2. The van der Waals surface area contributed by atoms with Gasteiger partial charge in [-0.25, -0.2) is 8.42 Å². The molecule has 0 aliphatic heterocycles. The van der Waals surface area contributed by atoms with Gasteiger partial charge in [0.1, 0.15) is 0 Å². The maximum absolute atomic E-state index is 12.5. The second-order valence-electron chi connectivity index (χ2n) is 6.28. The lowest BCUT2D eigenvalue weighted by molar-refractivity contribution is -0.305. The molecule has 2 aromatic rings. The standard InChI is InChI=1S/C20H25NO4S/c1-2-3-4-5-16-6-11-18(12-7-16)21-26(24,25)19-13-8-17(9-14-19)10-15-20(22)23/h6-9,11-14,21H,2-5,10,15H2,1H3,(H,22,23)/p-1. The van der Waals surface area contributed by atoms with E-state index in [0.717, 1.165) is 18.4 Å². The molecule has 0 saturated carbocycles. The maximum Gasteiger partial charge on any atom is 0.261 e. The van der Waals surface area contributed by atoms with Crippen LogP contribution in [0.4, 0.5) is 5.69 Å². The van der Waals surface area contributed by atoms with Crippen molar-refractivity contribution in [3.63, 3.8) is 0 Å². The van der Waals surface area contributed by atoms with E-state index in [2.05, 4.69) is 11.6 Å². The zero-order valence-electron chi connectivity index (χ0n) is 14.9. The second kappa shape index (κ2) is 9.38. The molecule has 0 amide bonds. The van der Waals surface area contributed by atoms with Gasteiger partial charge in [-0.15, -0.1) is 0 Å². The van der Waals surface area contributed by atoms with Crippen LogP contribution in [0.15, 0.2) is 53.4 Å². The average molecular weight is 374 g/mol. The van der Waals surface area contributed by atoms with Crippen LogP contribution in [0.2, 0.25) is 0 Å². The number of rotatable bonds is 10. The van der Waals surface area contributed by atoms with E-state index >= 15 is 0 Å². The van der Waals surface area contributed by atoms with Gasteiger partial charge in [0.05, 0.1) is 4.90 Å². The van der Waals surface area contributed by atoms with E-state index in [4.69, 9.17) is 0 Å². The lowest BCUT2D eigenvalue weighted by atomic mass is 10.1. The van der Waals surface area contributed by atoms with E-state index in [9.17, 15) is 18.3 Å². The summed E-state index contributed by atoms with van der Waals surface area (Å²) >= 11 is 0. The van der Waals surface area contributed by atoms with Gasteiger partial charge in [0.2, 0.25) is 0 Å². The van der Waals surface area contributed by atoms with Crippen molar-refractivity contribution in [1.29, 1.82) is 0 Å². The number of aliphatic carboxylic acids is 1. The number of hydrogen-bond acceptors (Lipinski definition) is 4. The molecule has 140 valence electrons. The largest absolute Gasteiger partial charge is 0.550 e. The fourth-order valence-corrected chi connectivity index (χ4v) is 3.67. The van der Waals surface area contributed by atoms with Gasteiger partial charge in [-0.05, 0) is 61.1 Å². The molecule has 2 rings (SSSR count). The summed E-state index contributed by atoms with van der Waals surface area (Å²) in [6.45, 7) is 2.16. The molecule has 0 spiro atoms. The molecule has 0 saturated heterocycles. The third kappa shape index (κ3) is 6.19. The Morgan fingerprint density at radius 1 is 0.923 bits per heavy atom. The van der Waals surface area contributed by atoms with Crippen LogP contribution in [0.5, 0.6) is 0 Å². The van der Waals surface area contributed by atoms with E-state index in [0.29, 0.717) is 12.1 Å². The van der Waals surface area contributed by atoms with E-state index in [1.807, 2.05) is 12.1 Å². The first-order valence-corrected chi connectivity index (χ1v) is 10.3. The molecule has 0 aromatic heterocycles. The lowest BCUT2D eigenvalue weighted by Gasteiger charge is -2.10. The first-order valence-electron chi connectivity index (χ1n) is 8.81. The fraction of sp³-hybridized carbons (Fsp3) is 0.350. The number of carboxylic acids is 1. The first-order chi connectivity index (χ1) is 12.4. The Balaban J connectivity index is 2.00. The van der Waals surface area contributed by atoms with Crippen LogP contribution in [0.3, 0.4) is 0 Å². The lowest BCUT2D eigenvalue weighted by Crippen LogP contribution is -2.22. The van der Waals surface area contributed by atoms with Crippen LogP contribution >= 0.6 is 0 Å². The van der Waals surface area contributed by atoms with Crippen LogP contribution in [0, 0.1) is 0 Å². The second-order valence-corrected chi connectivity index (χ2v) is 7.96.